The lowest BCUT2D eigenvalue weighted by atomic mass is 10.1. The summed E-state index contributed by atoms with van der Waals surface area (Å²) in [5.74, 6) is 0.192. The molecule has 0 saturated heterocycles. The summed E-state index contributed by atoms with van der Waals surface area (Å²) in [5.41, 5.74) is 1.18. The lowest BCUT2D eigenvalue weighted by Gasteiger charge is -2.19. The Balaban J connectivity index is 1.49. The Morgan fingerprint density at radius 3 is 2.54 bits per heavy atom. The van der Waals surface area contributed by atoms with Crippen LogP contribution in [0.3, 0.4) is 0 Å². The van der Waals surface area contributed by atoms with Gasteiger partial charge in [-0.2, -0.15) is 0 Å². The van der Waals surface area contributed by atoms with Gasteiger partial charge in [0.1, 0.15) is 13.2 Å². The van der Waals surface area contributed by atoms with Gasteiger partial charge in [0, 0.05) is 11.8 Å². The maximum Gasteiger partial charge on any atom is 0.310 e. The molecule has 0 bridgehead atoms. The SMILES string of the molecule is O=C(COC(=O)Cc1ccc(Cl)c(Cl)c1)Nc1ccc2c(c1)OCCO2. The van der Waals surface area contributed by atoms with Crippen molar-refractivity contribution in [2.24, 2.45) is 0 Å². The van der Waals surface area contributed by atoms with Crippen molar-refractivity contribution in [3.63, 3.8) is 0 Å². The van der Waals surface area contributed by atoms with E-state index in [1.54, 1.807) is 36.4 Å². The Bertz CT molecular complexity index is 840. The number of carbonyl (C=O) groups excluding carboxylic acids is 2. The summed E-state index contributed by atoms with van der Waals surface area (Å²) in [4.78, 5) is 23.8. The van der Waals surface area contributed by atoms with Crippen molar-refractivity contribution in [2.45, 2.75) is 6.42 Å². The lowest BCUT2D eigenvalue weighted by molar-refractivity contribution is -0.146. The van der Waals surface area contributed by atoms with Crippen molar-refractivity contribution in [2.75, 3.05) is 25.1 Å². The van der Waals surface area contributed by atoms with Crippen LogP contribution in [0, 0.1) is 0 Å². The summed E-state index contributed by atoms with van der Waals surface area (Å²) >= 11 is 11.7. The molecule has 2 aromatic rings. The van der Waals surface area contributed by atoms with Crippen molar-refractivity contribution >= 4 is 40.8 Å². The molecule has 0 atom stereocenters. The van der Waals surface area contributed by atoms with Gasteiger partial charge in [-0.15, -0.1) is 0 Å². The molecule has 1 aliphatic rings. The molecule has 1 amide bonds. The van der Waals surface area contributed by atoms with Gasteiger partial charge in [-0.1, -0.05) is 29.3 Å². The van der Waals surface area contributed by atoms with Crippen molar-refractivity contribution < 1.29 is 23.8 Å². The fraction of sp³-hybridized carbons (Fsp3) is 0.222. The molecule has 136 valence electrons. The van der Waals surface area contributed by atoms with E-state index in [2.05, 4.69) is 5.32 Å². The van der Waals surface area contributed by atoms with E-state index in [9.17, 15) is 9.59 Å². The van der Waals surface area contributed by atoms with Crippen LogP contribution in [0.4, 0.5) is 5.69 Å². The van der Waals surface area contributed by atoms with Gasteiger partial charge in [0.25, 0.3) is 5.91 Å². The summed E-state index contributed by atoms with van der Waals surface area (Å²) in [6.45, 7) is 0.554. The summed E-state index contributed by atoms with van der Waals surface area (Å²) in [6.07, 6.45) is -0.00576. The number of esters is 1. The number of amides is 1. The molecule has 0 saturated carbocycles. The van der Waals surface area contributed by atoms with Crippen molar-refractivity contribution in [3.8, 4) is 11.5 Å². The van der Waals surface area contributed by atoms with E-state index in [-0.39, 0.29) is 6.42 Å². The van der Waals surface area contributed by atoms with E-state index in [0.717, 1.165) is 0 Å². The monoisotopic (exact) mass is 395 g/mol. The number of ether oxygens (including phenoxy) is 3. The average molecular weight is 396 g/mol. The highest BCUT2D eigenvalue weighted by atomic mass is 35.5. The van der Waals surface area contributed by atoms with Gasteiger partial charge in [0.15, 0.2) is 18.1 Å². The minimum atomic E-state index is -0.541. The van der Waals surface area contributed by atoms with Gasteiger partial charge in [-0.25, -0.2) is 0 Å². The topological polar surface area (TPSA) is 73.9 Å². The molecule has 1 heterocycles. The van der Waals surface area contributed by atoms with Crippen LogP contribution in [0.2, 0.25) is 10.0 Å². The molecule has 0 aromatic heterocycles. The molecule has 6 nitrogen and oxygen atoms in total. The van der Waals surface area contributed by atoms with Gasteiger partial charge >= 0.3 is 5.97 Å². The Morgan fingerprint density at radius 1 is 1.00 bits per heavy atom. The predicted octanol–water partition coefficient (Wildman–Crippen LogP) is 3.49. The van der Waals surface area contributed by atoms with Crippen LogP contribution >= 0.6 is 23.2 Å². The van der Waals surface area contributed by atoms with E-state index < -0.39 is 18.5 Å². The fourth-order valence-electron chi connectivity index (χ4n) is 2.33. The predicted molar refractivity (Wildman–Crippen MR) is 97.2 cm³/mol. The highest BCUT2D eigenvalue weighted by Crippen LogP contribution is 2.32. The van der Waals surface area contributed by atoms with E-state index in [1.165, 1.54) is 0 Å². The minimum absolute atomic E-state index is 0.00576. The molecule has 3 rings (SSSR count). The normalized spacial score (nSPS) is 12.4. The Kier molecular flexibility index (Phi) is 5.85. The Morgan fingerprint density at radius 2 is 1.77 bits per heavy atom. The first kappa shape index (κ1) is 18.4. The van der Waals surface area contributed by atoms with E-state index in [1.807, 2.05) is 0 Å². The number of benzene rings is 2. The second kappa shape index (κ2) is 8.29. The fourth-order valence-corrected chi connectivity index (χ4v) is 2.65. The number of hydrogen-bond acceptors (Lipinski definition) is 5. The summed E-state index contributed by atoms with van der Waals surface area (Å²) in [7, 11) is 0. The third-order valence-corrected chi connectivity index (χ3v) is 4.26. The molecule has 0 unspecified atom stereocenters. The second-order valence-electron chi connectivity index (χ2n) is 5.49. The van der Waals surface area contributed by atoms with Crippen LogP contribution in [-0.4, -0.2) is 31.7 Å². The minimum Gasteiger partial charge on any atom is -0.486 e. The number of nitrogens with one attached hydrogen (secondary N) is 1. The van der Waals surface area contributed by atoms with Crippen LogP contribution in [0.1, 0.15) is 5.56 Å². The Hall–Kier alpha value is -2.44. The first-order chi connectivity index (χ1) is 12.5. The zero-order chi connectivity index (χ0) is 18.5. The Labute approximate surface area is 159 Å². The zero-order valence-corrected chi connectivity index (χ0v) is 15.1. The first-order valence-corrected chi connectivity index (χ1v) is 8.56. The van der Waals surface area contributed by atoms with E-state index in [0.29, 0.717) is 46.0 Å². The molecule has 26 heavy (non-hydrogen) atoms. The maximum atomic E-state index is 11.9. The number of rotatable bonds is 5. The number of anilines is 1. The van der Waals surface area contributed by atoms with Crippen molar-refractivity contribution in [3.05, 3.63) is 52.0 Å². The summed E-state index contributed by atoms with van der Waals surface area (Å²) in [6, 6.07) is 9.90. The number of halogens is 2. The third kappa shape index (κ3) is 4.80. The summed E-state index contributed by atoms with van der Waals surface area (Å²) < 4.78 is 15.8. The molecule has 2 aromatic carbocycles. The van der Waals surface area contributed by atoms with E-state index in [4.69, 9.17) is 37.4 Å². The molecule has 1 aliphatic heterocycles. The van der Waals surface area contributed by atoms with Gasteiger partial charge < -0.3 is 19.5 Å². The molecular formula is C18H15Cl2NO5. The van der Waals surface area contributed by atoms with Gasteiger partial charge in [-0.05, 0) is 29.8 Å². The van der Waals surface area contributed by atoms with Crippen LogP contribution in [0.25, 0.3) is 0 Å². The van der Waals surface area contributed by atoms with Gasteiger partial charge in [-0.3, -0.25) is 9.59 Å². The average Bonchev–Trinajstić information content (AvgIpc) is 2.63. The zero-order valence-electron chi connectivity index (χ0n) is 13.6. The maximum absolute atomic E-state index is 11.9. The summed E-state index contributed by atoms with van der Waals surface area (Å²) in [5, 5.41) is 3.40. The quantitative estimate of drug-likeness (QED) is 0.784. The smallest absolute Gasteiger partial charge is 0.310 e. The van der Waals surface area contributed by atoms with Gasteiger partial charge in [0.05, 0.1) is 16.5 Å². The number of hydrogen-bond donors (Lipinski definition) is 1. The molecule has 0 aliphatic carbocycles. The molecule has 1 N–H and O–H groups in total. The largest absolute Gasteiger partial charge is 0.486 e. The number of carbonyl (C=O) groups is 2. The number of fused-ring (bicyclic) bond motifs is 1. The van der Waals surface area contributed by atoms with Crippen LogP contribution in [0.15, 0.2) is 36.4 Å². The van der Waals surface area contributed by atoms with E-state index >= 15 is 0 Å². The van der Waals surface area contributed by atoms with Gasteiger partial charge in [0.2, 0.25) is 0 Å². The molecule has 8 heteroatoms. The second-order valence-corrected chi connectivity index (χ2v) is 6.31. The van der Waals surface area contributed by atoms with Crippen LogP contribution in [-0.2, 0) is 20.7 Å². The highest BCUT2D eigenvalue weighted by Gasteiger charge is 2.14. The lowest BCUT2D eigenvalue weighted by Crippen LogP contribution is -2.22. The van der Waals surface area contributed by atoms with Crippen LogP contribution in [0.5, 0.6) is 11.5 Å². The standard InChI is InChI=1S/C18H15Cl2NO5/c19-13-3-1-11(7-14(13)20)8-18(23)26-10-17(22)21-12-2-4-15-16(9-12)25-6-5-24-15/h1-4,7,9H,5-6,8,10H2,(H,21,22). The molecular weight excluding hydrogens is 381 g/mol. The first-order valence-electron chi connectivity index (χ1n) is 7.80. The van der Waals surface area contributed by atoms with Crippen molar-refractivity contribution in [1.82, 2.24) is 0 Å². The molecule has 0 radical (unpaired) electrons. The highest BCUT2D eigenvalue weighted by molar-refractivity contribution is 6.42. The van der Waals surface area contributed by atoms with Crippen LogP contribution < -0.4 is 14.8 Å². The third-order valence-electron chi connectivity index (χ3n) is 3.52. The molecule has 0 spiro atoms. The van der Waals surface area contributed by atoms with Crippen molar-refractivity contribution in [1.29, 1.82) is 0 Å². The molecule has 0 fully saturated rings.